The molecule has 1 aliphatic heterocycles. The largest absolute Gasteiger partial charge is 0.445 e. The number of nitrogens with one attached hydrogen (secondary N) is 11. The van der Waals surface area contributed by atoms with E-state index in [1.807, 2.05) is 48.5 Å². The Morgan fingerprint density at radius 3 is 1.79 bits per heavy atom. The first-order valence-electron chi connectivity index (χ1n) is 41.1. The highest BCUT2D eigenvalue weighted by molar-refractivity contribution is 7.86. The number of likely N-dealkylation sites (N-methyl/N-ethyl adjacent to an activating group) is 1. The number of hydrogen-bond donors (Lipinski definition) is 15. The Morgan fingerprint density at radius 1 is 0.589 bits per heavy atom. The number of fused-ring (bicyclic) bond motifs is 2. The van der Waals surface area contributed by atoms with Crippen molar-refractivity contribution in [3.05, 3.63) is 106 Å². The Bertz CT molecular complexity index is 4310. The van der Waals surface area contributed by atoms with Gasteiger partial charge < -0.3 is 98.0 Å². The minimum Gasteiger partial charge on any atom is -0.445 e. The number of primary amides is 2. The summed E-state index contributed by atoms with van der Waals surface area (Å²) in [4.78, 5) is 162. The summed E-state index contributed by atoms with van der Waals surface area (Å²) in [5, 5.41) is 30.6. The van der Waals surface area contributed by atoms with Crippen molar-refractivity contribution in [2.75, 3.05) is 147 Å². The van der Waals surface area contributed by atoms with Gasteiger partial charge in [-0.2, -0.15) is 21.9 Å². The van der Waals surface area contributed by atoms with E-state index in [9.17, 15) is 74.4 Å². The van der Waals surface area contributed by atoms with Crippen LogP contribution < -0.4 is 69.5 Å². The number of urea groups is 1. The molecule has 1 heterocycles. The lowest BCUT2D eigenvalue weighted by Gasteiger charge is -2.27. The van der Waals surface area contributed by atoms with Crippen LogP contribution in [0.25, 0.3) is 0 Å². The Kier molecular flexibility index (Phi) is 47.0. The first-order chi connectivity index (χ1) is 59.1. The average Bonchev–Trinajstić information content (AvgIpc) is 0.803. The number of nitrogens with two attached hydrogens (primary N) is 2. The fourth-order valence-electron chi connectivity index (χ4n) is 12.9. The Hall–Kier alpha value is -10.8. The molecule has 5 rings (SSSR count). The number of rotatable bonds is 58. The fraction of sp³-hybridized carbons (Fsp3) is 0.580. The van der Waals surface area contributed by atoms with Crippen LogP contribution >= 0.6 is 0 Å². The highest BCUT2D eigenvalue weighted by Crippen LogP contribution is 2.28. The molecule has 43 heteroatoms. The third-order valence-corrected chi connectivity index (χ3v) is 20.7. The van der Waals surface area contributed by atoms with Crippen molar-refractivity contribution in [3.8, 4) is 11.8 Å². The highest BCUT2D eigenvalue weighted by Gasteiger charge is 2.34. The number of anilines is 2. The summed E-state index contributed by atoms with van der Waals surface area (Å²) in [6, 6.07) is 15.8. The van der Waals surface area contributed by atoms with E-state index in [1.165, 1.54) is 24.1 Å². The summed E-state index contributed by atoms with van der Waals surface area (Å²) in [5.74, 6) is -2.01. The van der Waals surface area contributed by atoms with Gasteiger partial charge in [0.1, 0.15) is 49.2 Å². The summed E-state index contributed by atoms with van der Waals surface area (Å²) in [5.41, 5.74) is 23.6. The van der Waals surface area contributed by atoms with Gasteiger partial charge in [-0.05, 0) is 105 Å². The van der Waals surface area contributed by atoms with E-state index in [0.29, 0.717) is 49.2 Å². The second-order valence-corrected chi connectivity index (χ2v) is 33.0. The predicted molar refractivity (Wildman–Crippen MR) is 454 cm³/mol. The van der Waals surface area contributed by atoms with Crippen molar-refractivity contribution in [1.29, 1.82) is 5.53 Å². The van der Waals surface area contributed by atoms with E-state index in [1.54, 1.807) is 44.7 Å². The van der Waals surface area contributed by atoms with Crippen molar-refractivity contribution >= 4 is 103 Å². The van der Waals surface area contributed by atoms with Gasteiger partial charge in [0.25, 0.3) is 20.2 Å². The molecular weight excluding hydrogens is 1660 g/mol. The predicted octanol–water partition coefficient (Wildman–Crippen LogP) is 1.34. The van der Waals surface area contributed by atoms with Gasteiger partial charge in [0.15, 0.2) is 0 Å². The zero-order chi connectivity index (χ0) is 91.0. The number of nitrogens with zero attached hydrogens (tertiary/aromatic N) is 4. The summed E-state index contributed by atoms with van der Waals surface area (Å²) in [6.07, 6.45) is 1.65. The third kappa shape index (κ3) is 41.6. The van der Waals surface area contributed by atoms with Crippen LogP contribution in [0.15, 0.2) is 89.3 Å². The second-order valence-electron chi connectivity index (χ2n) is 29.9. The van der Waals surface area contributed by atoms with Crippen LogP contribution in [0.2, 0.25) is 0 Å². The second kappa shape index (κ2) is 56.1. The first-order valence-corrected chi connectivity index (χ1v) is 44.3. The van der Waals surface area contributed by atoms with Crippen molar-refractivity contribution < 1.29 is 112 Å². The molecule has 0 bridgehead atoms. The van der Waals surface area contributed by atoms with Crippen molar-refractivity contribution in [2.45, 2.75) is 155 Å². The lowest BCUT2D eigenvalue weighted by Crippen LogP contribution is -2.57. The molecule has 3 aromatic carbocycles. The molecule has 41 nitrogen and oxygen atoms in total. The topological polar surface area (TPSA) is 587 Å². The first kappa shape index (κ1) is 104. The van der Waals surface area contributed by atoms with E-state index in [0.717, 1.165) is 28.0 Å². The molecule has 3 aromatic rings. The zero-order valence-electron chi connectivity index (χ0n) is 70.9. The molecule has 0 aromatic heterocycles. The molecule has 0 spiro atoms. The van der Waals surface area contributed by atoms with E-state index in [4.69, 9.17) is 54.5 Å². The third-order valence-electron chi connectivity index (χ3n) is 19.3. The number of carbonyl (C=O) groups is 12. The van der Waals surface area contributed by atoms with Crippen LogP contribution in [-0.2, 0) is 110 Å². The fourth-order valence-corrected chi connectivity index (χ4v) is 13.6. The van der Waals surface area contributed by atoms with Gasteiger partial charge in [-0.25, -0.2) is 15.1 Å². The number of benzene rings is 3. The van der Waals surface area contributed by atoms with Gasteiger partial charge in [0, 0.05) is 94.6 Å². The number of hydrogen-bond acceptors (Lipinski definition) is 26. The number of carbonyl (C=O) groups excluding carboxylic acids is 12. The summed E-state index contributed by atoms with van der Waals surface area (Å²) < 4.78 is 97.1. The maximum absolute atomic E-state index is 14.5. The van der Waals surface area contributed by atoms with E-state index in [2.05, 4.69) is 70.1 Å². The van der Waals surface area contributed by atoms with Crippen LogP contribution in [-0.4, -0.2) is 274 Å². The maximum atomic E-state index is 14.5. The molecule has 2 aliphatic rings. The number of para-hydroxylation sites is 1. The van der Waals surface area contributed by atoms with Crippen molar-refractivity contribution in [3.63, 3.8) is 0 Å². The molecule has 13 amide bonds. The van der Waals surface area contributed by atoms with Gasteiger partial charge in [0.05, 0.1) is 89.7 Å². The van der Waals surface area contributed by atoms with E-state index < -0.39 is 160 Å². The Balaban J connectivity index is 1.14. The zero-order valence-corrected chi connectivity index (χ0v) is 72.5. The smallest absolute Gasteiger partial charge is 0.410 e. The Labute approximate surface area is 722 Å². The lowest BCUT2D eigenvalue weighted by atomic mass is 9.99. The van der Waals surface area contributed by atoms with Gasteiger partial charge in [-0.1, -0.05) is 94.8 Å². The van der Waals surface area contributed by atoms with Gasteiger partial charge in [-0.3, -0.25) is 66.9 Å². The summed E-state index contributed by atoms with van der Waals surface area (Å²) in [6.45, 7) is 6.37. The number of allylic oxidation sites excluding steroid dienone is 1. The maximum Gasteiger partial charge on any atom is 0.410 e. The standard InChI is InChI=1S/C81H121N17O24S2/c1-55(2)73(79(108)93-64(21-15-34-90-80(83)109)77(106)91-61-28-24-57(25-29-61)53-122-81(110)96(5)75(56(3)4)76(82)105)94-78(107)63(92-68(100)32-40-117-42-44-119-46-47-120-45-43-118-41-36-87-67(99)30-31-72(104)98-50-60-18-10-9-16-58(60)26-27-59-17-11-12-22-65(59)98)20-13-14-33-86-71(103)54-121-66-23-8-6-7-19-62(74(66)95-84)85-35-39-97(51-69(101)88-37-48-123(111,112)113)52-70(102)89-38-49-124(114,115)116/h9-12,16-18,22,24-25,28-29,55-56,63-64,66,73,75,84-85H,6-8,13-15,19-21,23,30-54H2,1-5H3,(H2,82,105)(H,86,103)(H,87,99)(H,88,101)(H,89,102)(H,91,106)(H,92,100)(H,93,108)(H,94,107)(H3,83,90,109)(H,111,112,113)(H,114,115,116)/b74-62-,95-84?/t63-,64?,66?,73?,75+/m1/s1. The molecular formula is C81H121N17O24S2. The van der Waals surface area contributed by atoms with Gasteiger partial charge >= 0.3 is 12.1 Å². The summed E-state index contributed by atoms with van der Waals surface area (Å²) >= 11 is 0. The molecule has 3 unspecified atom stereocenters. The SMILES string of the molecule is CC(C)C(NC(=O)[C@@H](CCCCNC(=O)COC1CCCCC/C(NCCN(CC(=O)NCCS(=O)(=O)O)CC(=O)NCCS(=O)(=O)O)=C\1N=N)NC(=O)CCOCCOCCOCCOCCNC(=O)CCC(=O)N1Cc2ccccc2C#Cc2ccccc21)C(=O)NC(CCCNC(N)=O)C(=O)Nc1ccc(COC(=O)N(C)[C@H](C(N)=O)C(C)C)cc1. The van der Waals surface area contributed by atoms with Gasteiger partial charge in [-0.15, -0.1) is 0 Å². The number of amides is 13. The van der Waals surface area contributed by atoms with E-state index >= 15 is 0 Å². The van der Waals surface area contributed by atoms with Gasteiger partial charge in [0.2, 0.25) is 59.1 Å². The van der Waals surface area contributed by atoms with Crippen molar-refractivity contribution in [2.24, 2.45) is 28.4 Å². The lowest BCUT2D eigenvalue weighted by molar-refractivity contribution is -0.134. The van der Waals surface area contributed by atoms with Crippen molar-refractivity contribution in [1.82, 2.24) is 57.7 Å². The summed E-state index contributed by atoms with van der Waals surface area (Å²) in [7, 11) is -7.41. The minimum atomic E-state index is -4.40. The normalized spacial score (nSPS) is 14.9. The number of ether oxygens (including phenoxy) is 6. The average molecular weight is 1780 g/mol. The molecule has 0 saturated heterocycles. The molecule has 17 N–H and O–H groups in total. The van der Waals surface area contributed by atoms with Crippen LogP contribution in [0.5, 0.6) is 0 Å². The van der Waals surface area contributed by atoms with Crippen LogP contribution in [0, 0.1) is 29.2 Å². The molecule has 0 fully saturated rings. The molecule has 1 aliphatic carbocycles. The number of unbranched alkanes of at least 4 members (excludes halogenated alkanes) is 1. The Morgan fingerprint density at radius 2 is 1.17 bits per heavy atom. The van der Waals surface area contributed by atoms with Crippen LogP contribution in [0.1, 0.15) is 133 Å². The molecule has 0 saturated carbocycles. The quantitative estimate of drug-likeness (QED) is 0.0164. The molecule has 0 radical (unpaired) electrons. The minimum absolute atomic E-state index is 0.00101. The molecule has 5 atom stereocenters. The molecule has 686 valence electrons. The highest BCUT2D eigenvalue weighted by atomic mass is 32.2. The van der Waals surface area contributed by atoms with Crippen LogP contribution in [0.4, 0.5) is 21.0 Å². The van der Waals surface area contributed by atoms with E-state index in [-0.39, 0.29) is 173 Å². The van der Waals surface area contributed by atoms with Crippen LogP contribution in [0.3, 0.4) is 0 Å². The monoisotopic (exact) mass is 1780 g/mol. The molecule has 124 heavy (non-hydrogen) atoms.